The van der Waals surface area contributed by atoms with Crippen LogP contribution in [0.15, 0.2) is 48.7 Å². The summed E-state index contributed by atoms with van der Waals surface area (Å²) in [5, 5.41) is 6.80. The highest BCUT2D eigenvalue weighted by Crippen LogP contribution is 2.42. The molecule has 0 bridgehead atoms. The number of aromatic nitrogens is 2. The van der Waals surface area contributed by atoms with E-state index in [2.05, 4.69) is 99.3 Å². The lowest BCUT2D eigenvalue weighted by Gasteiger charge is -2.16. The Morgan fingerprint density at radius 1 is 0.833 bits per heavy atom. The molecule has 0 fully saturated rings. The van der Waals surface area contributed by atoms with Crippen LogP contribution in [0.25, 0.3) is 49.0 Å². The zero-order chi connectivity index (χ0) is 20.9. The van der Waals surface area contributed by atoms with E-state index in [1.165, 1.54) is 71.3 Å². The summed E-state index contributed by atoms with van der Waals surface area (Å²) in [7, 11) is 2.19. The molecular formula is C28H27N2+. The Morgan fingerprint density at radius 3 is 2.40 bits per heavy atom. The fourth-order valence-corrected chi connectivity index (χ4v) is 5.38. The Labute approximate surface area is 176 Å². The van der Waals surface area contributed by atoms with Crippen LogP contribution in [-0.2, 0) is 7.05 Å². The molecule has 0 atom stereocenters. The van der Waals surface area contributed by atoms with Crippen molar-refractivity contribution in [1.29, 1.82) is 0 Å². The molecular weight excluding hydrogens is 364 g/mol. The third-order valence-electron chi connectivity index (χ3n) is 7.11. The first-order chi connectivity index (χ1) is 14.4. The summed E-state index contributed by atoms with van der Waals surface area (Å²) >= 11 is 0. The van der Waals surface area contributed by atoms with Gasteiger partial charge >= 0.3 is 0 Å². The van der Waals surface area contributed by atoms with Gasteiger partial charge in [-0.2, -0.15) is 0 Å². The highest BCUT2D eigenvalue weighted by atomic mass is 15.0. The lowest BCUT2D eigenvalue weighted by molar-refractivity contribution is -0.643. The quantitative estimate of drug-likeness (QED) is 0.164. The van der Waals surface area contributed by atoms with Gasteiger partial charge in [-0.15, -0.1) is 0 Å². The van der Waals surface area contributed by atoms with Crippen LogP contribution in [0, 0.1) is 20.8 Å². The molecule has 0 saturated carbocycles. The molecule has 3 aromatic heterocycles. The van der Waals surface area contributed by atoms with Gasteiger partial charge in [-0.3, -0.25) is 0 Å². The van der Waals surface area contributed by atoms with Crippen molar-refractivity contribution in [1.82, 2.24) is 4.40 Å². The topological polar surface area (TPSA) is 8.29 Å². The number of aryl methyl sites for hydroxylation is 4. The van der Waals surface area contributed by atoms with Crippen LogP contribution >= 0.6 is 0 Å². The Bertz CT molecular complexity index is 1650. The molecule has 0 radical (unpaired) electrons. The highest BCUT2D eigenvalue weighted by Gasteiger charge is 2.25. The van der Waals surface area contributed by atoms with Crippen molar-refractivity contribution in [2.24, 2.45) is 7.05 Å². The van der Waals surface area contributed by atoms with E-state index in [1.807, 2.05) is 0 Å². The molecule has 30 heavy (non-hydrogen) atoms. The molecule has 2 heteroatoms. The maximum absolute atomic E-state index is 2.53. The molecule has 2 nitrogen and oxygen atoms in total. The van der Waals surface area contributed by atoms with Crippen LogP contribution in [0.1, 0.15) is 42.0 Å². The van der Waals surface area contributed by atoms with Crippen LogP contribution in [0.3, 0.4) is 0 Å². The highest BCUT2D eigenvalue weighted by molar-refractivity contribution is 6.26. The Balaban J connectivity index is 2.09. The molecule has 6 rings (SSSR count). The van der Waals surface area contributed by atoms with Crippen LogP contribution in [0.5, 0.6) is 0 Å². The second kappa shape index (κ2) is 5.72. The molecule has 0 saturated heterocycles. The number of pyridine rings is 2. The first-order valence-electron chi connectivity index (χ1n) is 10.9. The van der Waals surface area contributed by atoms with Gasteiger partial charge in [0.1, 0.15) is 7.05 Å². The van der Waals surface area contributed by atoms with Crippen molar-refractivity contribution in [2.45, 2.75) is 40.5 Å². The summed E-state index contributed by atoms with van der Waals surface area (Å²) in [4.78, 5) is 0. The molecule has 6 aromatic rings. The van der Waals surface area contributed by atoms with Gasteiger partial charge in [0.05, 0.1) is 27.3 Å². The number of nitrogens with zero attached hydrogens (tertiary/aromatic N) is 2. The van der Waals surface area contributed by atoms with Crippen molar-refractivity contribution in [3.05, 3.63) is 70.9 Å². The van der Waals surface area contributed by atoms with Crippen LogP contribution in [-0.4, -0.2) is 4.40 Å². The molecule has 0 unspecified atom stereocenters. The van der Waals surface area contributed by atoms with E-state index in [4.69, 9.17) is 0 Å². The second-order valence-electron chi connectivity index (χ2n) is 9.38. The monoisotopic (exact) mass is 391 g/mol. The van der Waals surface area contributed by atoms with Gasteiger partial charge in [0.15, 0.2) is 6.20 Å². The van der Waals surface area contributed by atoms with E-state index in [1.54, 1.807) is 0 Å². The Morgan fingerprint density at radius 2 is 1.63 bits per heavy atom. The molecule has 0 aliphatic heterocycles. The first kappa shape index (κ1) is 17.7. The summed E-state index contributed by atoms with van der Waals surface area (Å²) in [6, 6.07) is 16.4. The maximum atomic E-state index is 2.53. The van der Waals surface area contributed by atoms with Crippen molar-refractivity contribution in [3.8, 4) is 0 Å². The molecule has 0 N–H and O–H groups in total. The van der Waals surface area contributed by atoms with Gasteiger partial charge in [0.25, 0.3) is 0 Å². The molecule has 3 aromatic carbocycles. The molecule has 0 amide bonds. The van der Waals surface area contributed by atoms with Gasteiger partial charge < -0.3 is 4.40 Å². The first-order valence-corrected chi connectivity index (χ1v) is 10.9. The minimum absolute atomic E-state index is 0.490. The standard InChI is InChI=1S/C28H27N2/c1-15(2)20-13-19-9-10-29(6)28-25-18(5)17(4)12-22-21-11-16(3)7-8-23(21)30(27(22)25)24(14-20)26(19)28/h7-15H,1-6H3/q+1. The van der Waals surface area contributed by atoms with E-state index < -0.39 is 0 Å². The van der Waals surface area contributed by atoms with E-state index in [-0.39, 0.29) is 0 Å². The zero-order valence-electron chi connectivity index (χ0n) is 18.6. The molecule has 0 aliphatic carbocycles. The SMILES string of the molecule is Cc1ccc2c(c1)c1cc(C)c(C)c3c1n2c1cc(C(C)C)cc2cc[n+](C)c3c21. The van der Waals surface area contributed by atoms with Crippen LogP contribution < -0.4 is 4.57 Å². The number of hydrogen-bond donors (Lipinski definition) is 0. The summed E-state index contributed by atoms with van der Waals surface area (Å²) in [6.45, 7) is 11.3. The normalized spacial score (nSPS) is 12.6. The summed E-state index contributed by atoms with van der Waals surface area (Å²) in [5.74, 6) is 0.490. The van der Waals surface area contributed by atoms with Crippen LogP contribution in [0.2, 0.25) is 0 Å². The third kappa shape index (κ3) is 2.06. The van der Waals surface area contributed by atoms with E-state index in [0.717, 1.165) is 0 Å². The van der Waals surface area contributed by atoms with Crippen LogP contribution in [0.4, 0.5) is 0 Å². The van der Waals surface area contributed by atoms with Crippen molar-refractivity contribution in [3.63, 3.8) is 0 Å². The predicted octanol–water partition coefficient (Wildman–Crippen LogP) is 6.86. The average molecular weight is 392 g/mol. The number of fused-ring (bicyclic) bond motifs is 5. The lowest BCUT2D eigenvalue weighted by Crippen LogP contribution is -2.29. The molecule has 148 valence electrons. The van der Waals surface area contributed by atoms with E-state index >= 15 is 0 Å². The van der Waals surface area contributed by atoms with Gasteiger partial charge in [0, 0.05) is 16.8 Å². The zero-order valence-corrected chi connectivity index (χ0v) is 18.6. The van der Waals surface area contributed by atoms with Crippen molar-refractivity contribution in [2.75, 3.05) is 0 Å². The Kier molecular flexibility index (Phi) is 3.38. The number of hydrogen-bond acceptors (Lipinski definition) is 0. The summed E-state index contributed by atoms with van der Waals surface area (Å²) in [6.07, 6.45) is 2.22. The minimum Gasteiger partial charge on any atom is -0.307 e. The van der Waals surface area contributed by atoms with Crippen molar-refractivity contribution < 1.29 is 4.57 Å². The summed E-state index contributed by atoms with van der Waals surface area (Å²) in [5.41, 5.74) is 10.8. The van der Waals surface area contributed by atoms with Gasteiger partial charge in [0.2, 0.25) is 5.52 Å². The van der Waals surface area contributed by atoms with Gasteiger partial charge in [-0.1, -0.05) is 31.5 Å². The molecule has 0 aliphatic rings. The molecule has 0 spiro atoms. The Hall–Kier alpha value is -3.13. The second-order valence-corrected chi connectivity index (χ2v) is 9.38. The largest absolute Gasteiger partial charge is 0.307 e. The van der Waals surface area contributed by atoms with Gasteiger partial charge in [-0.05, 0) is 73.0 Å². The lowest BCUT2D eigenvalue weighted by atomic mass is 9.94. The fourth-order valence-electron chi connectivity index (χ4n) is 5.38. The van der Waals surface area contributed by atoms with E-state index in [9.17, 15) is 0 Å². The minimum atomic E-state index is 0.490. The van der Waals surface area contributed by atoms with E-state index in [0.29, 0.717) is 5.92 Å². The van der Waals surface area contributed by atoms with Gasteiger partial charge in [-0.25, -0.2) is 4.57 Å². The number of benzene rings is 3. The molecule has 3 heterocycles. The summed E-state index contributed by atoms with van der Waals surface area (Å²) < 4.78 is 4.85. The van der Waals surface area contributed by atoms with Crippen molar-refractivity contribution >= 4 is 49.0 Å². The number of rotatable bonds is 1. The maximum Gasteiger partial charge on any atom is 0.224 e. The fraction of sp³-hybridized carbons (Fsp3) is 0.250. The predicted molar refractivity (Wildman–Crippen MR) is 128 cm³/mol. The average Bonchev–Trinajstić information content (AvgIpc) is 3.03. The smallest absolute Gasteiger partial charge is 0.224 e. The third-order valence-corrected chi connectivity index (χ3v) is 7.11.